The van der Waals surface area contributed by atoms with E-state index < -0.39 is 11.7 Å². The maximum absolute atomic E-state index is 15.1. The summed E-state index contributed by atoms with van der Waals surface area (Å²) in [5.41, 5.74) is 7.77. The van der Waals surface area contributed by atoms with Crippen molar-refractivity contribution in [2.75, 3.05) is 11.1 Å². The second kappa shape index (κ2) is 9.46. The number of nitrogens with zero attached hydrogens (tertiary/aromatic N) is 4. The van der Waals surface area contributed by atoms with Gasteiger partial charge < -0.3 is 16.4 Å². The molecule has 4 aromatic rings. The minimum absolute atomic E-state index is 0.000390. The van der Waals surface area contributed by atoms with Crippen molar-refractivity contribution in [3.8, 4) is 23.1 Å². The predicted molar refractivity (Wildman–Crippen MR) is 133 cm³/mol. The highest BCUT2D eigenvalue weighted by molar-refractivity contribution is 6.05. The van der Waals surface area contributed by atoms with E-state index in [4.69, 9.17) is 10.8 Å². The van der Waals surface area contributed by atoms with Gasteiger partial charge in [-0.05, 0) is 56.0 Å². The molecule has 0 bridgehead atoms. The first-order valence-electron chi connectivity index (χ1n) is 11.3. The zero-order valence-electron chi connectivity index (χ0n) is 19.3. The van der Waals surface area contributed by atoms with E-state index in [0.717, 1.165) is 5.52 Å². The molecular formula is C26H22FN7O2. The molecule has 36 heavy (non-hydrogen) atoms. The number of benzene rings is 1. The summed E-state index contributed by atoms with van der Waals surface area (Å²) in [5.74, 6) is 4.05. The van der Waals surface area contributed by atoms with E-state index in [2.05, 4.69) is 32.4 Å². The van der Waals surface area contributed by atoms with Gasteiger partial charge in [-0.3, -0.25) is 14.3 Å². The van der Waals surface area contributed by atoms with Crippen LogP contribution in [-0.4, -0.2) is 37.6 Å². The van der Waals surface area contributed by atoms with Crippen molar-refractivity contribution < 1.29 is 14.0 Å². The molecule has 1 saturated carbocycles. The monoisotopic (exact) mass is 483 g/mol. The molecule has 9 nitrogen and oxygen atoms in total. The smallest absolute Gasteiger partial charge is 0.296 e. The summed E-state index contributed by atoms with van der Waals surface area (Å²) in [6.45, 7) is 1.61. The zero-order valence-corrected chi connectivity index (χ0v) is 19.3. The van der Waals surface area contributed by atoms with Crippen molar-refractivity contribution in [1.29, 1.82) is 0 Å². The molecule has 0 spiro atoms. The van der Waals surface area contributed by atoms with Gasteiger partial charge in [-0.25, -0.2) is 14.4 Å². The van der Waals surface area contributed by atoms with Crippen molar-refractivity contribution in [2.45, 2.75) is 31.8 Å². The summed E-state index contributed by atoms with van der Waals surface area (Å²) in [6, 6.07) is 11.2. The standard InChI is InChI=1S/C26H22FN7O2/c1-2-5-22(35)31-16-13-17(14-16)34-20-9-11-30-25(28)23(20)24(33-34)15-7-8-18(19(27)12-15)26(36)32-21-6-3-4-10-29-21/h3-4,6-12,16-17H,13-14H2,1H3,(H2,28,30)(H,31,35)(H,29,32,36). The van der Waals surface area contributed by atoms with Crippen molar-refractivity contribution in [1.82, 2.24) is 25.1 Å². The van der Waals surface area contributed by atoms with Crippen LogP contribution in [0.3, 0.4) is 0 Å². The van der Waals surface area contributed by atoms with E-state index in [-0.39, 0.29) is 29.4 Å². The fourth-order valence-corrected chi connectivity index (χ4v) is 4.30. The fourth-order valence-electron chi connectivity index (χ4n) is 4.30. The molecule has 4 N–H and O–H groups in total. The molecule has 10 heteroatoms. The molecular weight excluding hydrogens is 461 g/mol. The van der Waals surface area contributed by atoms with Crippen LogP contribution in [0.15, 0.2) is 54.9 Å². The maximum atomic E-state index is 15.1. The Morgan fingerprint density at radius 3 is 2.69 bits per heavy atom. The molecule has 1 aromatic carbocycles. The highest BCUT2D eigenvalue weighted by Crippen LogP contribution is 2.39. The third kappa shape index (κ3) is 4.34. The van der Waals surface area contributed by atoms with Crippen LogP contribution in [0.25, 0.3) is 22.2 Å². The number of carbonyl (C=O) groups is 2. The Hall–Kier alpha value is -4.78. The maximum Gasteiger partial charge on any atom is 0.296 e. The Bertz CT molecular complexity index is 1530. The van der Waals surface area contributed by atoms with Crippen molar-refractivity contribution in [3.63, 3.8) is 0 Å². The third-order valence-electron chi connectivity index (χ3n) is 6.08. The molecule has 5 rings (SSSR count). The Balaban J connectivity index is 1.43. The number of amides is 2. The number of hydrogen-bond donors (Lipinski definition) is 3. The summed E-state index contributed by atoms with van der Waals surface area (Å²) in [6.07, 6.45) is 4.49. The lowest BCUT2D eigenvalue weighted by molar-refractivity contribution is -0.117. The predicted octanol–water partition coefficient (Wildman–Crippen LogP) is 3.31. The molecule has 0 radical (unpaired) electrons. The zero-order chi connectivity index (χ0) is 25.2. The van der Waals surface area contributed by atoms with Gasteiger partial charge in [-0.15, -0.1) is 0 Å². The van der Waals surface area contributed by atoms with E-state index in [0.29, 0.717) is 35.3 Å². The second-order valence-electron chi connectivity index (χ2n) is 8.42. The minimum atomic E-state index is -0.699. The lowest BCUT2D eigenvalue weighted by Gasteiger charge is -2.35. The number of halogens is 1. The Labute approximate surface area is 205 Å². The van der Waals surface area contributed by atoms with Crippen molar-refractivity contribution >= 4 is 34.4 Å². The van der Waals surface area contributed by atoms with Gasteiger partial charge in [0.15, 0.2) is 0 Å². The van der Waals surface area contributed by atoms with E-state index in [1.165, 1.54) is 18.3 Å². The normalized spacial score (nSPS) is 16.5. The molecule has 0 atom stereocenters. The number of pyridine rings is 2. The average molecular weight is 484 g/mol. The van der Waals surface area contributed by atoms with Gasteiger partial charge in [0.25, 0.3) is 11.8 Å². The lowest BCUT2D eigenvalue weighted by atomic mass is 9.86. The molecule has 0 saturated heterocycles. The largest absolute Gasteiger partial charge is 0.383 e. The first kappa shape index (κ1) is 23.0. The number of nitrogens with one attached hydrogen (secondary N) is 2. The van der Waals surface area contributed by atoms with Crippen LogP contribution in [0, 0.1) is 17.7 Å². The molecule has 0 aliphatic heterocycles. The van der Waals surface area contributed by atoms with Gasteiger partial charge in [0.1, 0.15) is 23.1 Å². The van der Waals surface area contributed by atoms with Crippen molar-refractivity contribution in [2.24, 2.45) is 0 Å². The topological polar surface area (TPSA) is 128 Å². The molecule has 1 aliphatic carbocycles. The molecule has 3 heterocycles. The SMILES string of the molecule is CC#CC(=O)NC1CC(n2nc(-c3ccc(C(=O)Nc4ccccn4)c(F)c3)c3c(N)nccc32)C1. The van der Waals surface area contributed by atoms with E-state index in [1.54, 1.807) is 37.4 Å². The van der Waals surface area contributed by atoms with Crippen LogP contribution in [0.5, 0.6) is 0 Å². The molecule has 180 valence electrons. The van der Waals surface area contributed by atoms with Crippen LogP contribution >= 0.6 is 0 Å². The summed E-state index contributed by atoms with van der Waals surface area (Å²) in [5, 5.41) is 10.8. The van der Waals surface area contributed by atoms with E-state index in [1.807, 2.05) is 10.7 Å². The number of fused-ring (bicyclic) bond motifs is 1. The van der Waals surface area contributed by atoms with Gasteiger partial charge in [0.05, 0.1) is 22.5 Å². The fraction of sp³-hybridized carbons (Fsp3) is 0.192. The molecule has 0 unspecified atom stereocenters. The Kier molecular flexibility index (Phi) is 6.04. The highest BCUT2D eigenvalue weighted by Gasteiger charge is 2.34. The van der Waals surface area contributed by atoms with Gasteiger partial charge >= 0.3 is 0 Å². The first-order chi connectivity index (χ1) is 17.4. The summed E-state index contributed by atoms with van der Waals surface area (Å²) >= 11 is 0. The van der Waals surface area contributed by atoms with Crippen LogP contribution in [0.1, 0.15) is 36.2 Å². The minimum Gasteiger partial charge on any atom is -0.383 e. The van der Waals surface area contributed by atoms with Gasteiger partial charge in [0.2, 0.25) is 0 Å². The highest BCUT2D eigenvalue weighted by atomic mass is 19.1. The van der Waals surface area contributed by atoms with Gasteiger partial charge in [0, 0.05) is 24.0 Å². The van der Waals surface area contributed by atoms with Crippen LogP contribution in [0.4, 0.5) is 16.0 Å². The molecule has 2 amide bonds. The number of nitrogens with two attached hydrogens (primary N) is 1. The van der Waals surface area contributed by atoms with Crippen molar-refractivity contribution in [3.05, 3.63) is 66.2 Å². The summed E-state index contributed by atoms with van der Waals surface area (Å²) in [4.78, 5) is 32.5. The van der Waals surface area contributed by atoms with Crippen LogP contribution in [-0.2, 0) is 4.79 Å². The Morgan fingerprint density at radius 2 is 1.97 bits per heavy atom. The molecule has 1 fully saturated rings. The number of anilines is 2. The molecule has 3 aromatic heterocycles. The third-order valence-corrected chi connectivity index (χ3v) is 6.08. The number of hydrogen-bond acceptors (Lipinski definition) is 6. The number of carbonyl (C=O) groups excluding carboxylic acids is 2. The lowest BCUT2D eigenvalue weighted by Crippen LogP contribution is -2.44. The summed E-state index contributed by atoms with van der Waals surface area (Å²) in [7, 11) is 0. The van der Waals surface area contributed by atoms with Crippen LogP contribution in [0.2, 0.25) is 0 Å². The van der Waals surface area contributed by atoms with E-state index in [9.17, 15) is 9.59 Å². The Morgan fingerprint density at radius 1 is 1.14 bits per heavy atom. The second-order valence-corrected chi connectivity index (χ2v) is 8.42. The average Bonchev–Trinajstić information content (AvgIpc) is 3.22. The number of nitrogen functional groups attached to an aromatic ring is 1. The van der Waals surface area contributed by atoms with Crippen LogP contribution < -0.4 is 16.4 Å². The summed E-state index contributed by atoms with van der Waals surface area (Å²) < 4.78 is 16.9. The molecule has 1 aliphatic rings. The van der Waals surface area contributed by atoms with Gasteiger partial charge in [-0.2, -0.15) is 5.10 Å². The van der Waals surface area contributed by atoms with Gasteiger partial charge in [-0.1, -0.05) is 18.1 Å². The van der Waals surface area contributed by atoms with E-state index >= 15 is 4.39 Å². The number of rotatable bonds is 5. The quantitative estimate of drug-likeness (QED) is 0.374. The number of aromatic nitrogens is 4. The first-order valence-corrected chi connectivity index (χ1v) is 11.3.